The Morgan fingerprint density at radius 2 is 1.79 bits per heavy atom. The van der Waals surface area contributed by atoms with Crippen molar-refractivity contribution in [1.82, 2.24) is 0 Å². The fourth-order valence-corrected chi connectivity index (χ4v) is 5.51. The first kappa shape index (κ1) is 39.4. The van der Waals surface area contributed by atoms with E-state index in [1.807, 2.05) is 21.1 Å². The number of carbonyl (C=O) groups excluding carboxylic acids is 3. The Bertz CT molecular complexity index is 920. The number of Topliss-reactive ketones (excluding diaryl/α,β-unsaturated/α-hetero) is 1. The molecule has 1 aliphatic rings. The average molecular weight is 636 g/mol. The van der Waals surface area contributed by atoms with Crippen LogP contribution in [0.4, 0.5) is 0 Å². The molecular formula is C30H54NO11P. The summed E-state index contributed by atoms with van der Waals surface area (Å²) in [6.07, 6.45) is 8.57. The van der Waals surface area contributed by atoms with E-state index in [4.69, 9.17) is 18.5 Å². The highest BCUT2D eigenvalue weighted by Crippen LogP contribution is 2.38. The molecule has 0 heterocycles. The molecule has 1 aliphatic carbocycles. The molecule has 0 aromatic carbocycles. The first-order chi connectivity index (χ1) is 20.1. The molecule has 0 aromatic rings. The van der Waals surface area contributed by atoms with E-state index in [9.17, 15) is 34.1 Å². The zero-order valence-electron chi connectivity index (χ0n) is 26.6. The Labute approximate surface area is 256 Å². The van der Waals surface area contributed by atoms with Gasteiger partial charge in [0.05, 0.1) is 40.0 Å². The number of phosphoric acid groups is 1. The molecule has 0 bridgehead atoms. The predicted octanol–water partition coefficient (Wildman–Crippen LogP) is 3.07. The molecule has 43 heavy (non-hydrogen) atoms. The second kappa shape index (κ2) is 20.4. The van der Waals surface area contributed by atoms with Crippen LogP contribution < -0.4 is 4.89 Å². The third kappa shape index (κ3) is 18.7. The van der Waals surface area contributed by atoms with E-state index in [0.29, 0.717) is 30.3 Å². The maximum Gasteiger partial charge on any atom is 0.305 e. The van der Waals surface area contributed by atoms with Crippen molar-refractivity contribution < 1.29 is 57.1 Å². The molecule has 1 saturated carbocycles. The molecule has 0 radical (unpaired) electrons. The lowest BCUT2D eigenvalue weighted by molar-refractivity contribution is -0.870. The lowest BCUT2D eigenvalue weighted by atomic mass is 9.88. The summed E-state index contributed by atoms with van der Waals surface area (Å²) < 4.78 is 32.3. The van der Waals surface area contributed by atoms with Crippen molar-refractivity contribution in [2.75, 3.05) is 47.5 Å². The van der Waals surface area contributed by atoms with Crippen LogP contribution in [-0.2, 0) is 37.5 Å². The Morgan fingerprint density at radius 3 is 2.44 bits per heavy atom. The average Bonchev–Trinajstić information content (AvgIpc) is 3.17. The minimum Gasteiger partial charge on any atom is -0.756 e. The quantitative estimate of drug-likeness (QED) is 0.0556. The summed E-state index contributed by atoms with van der Waals surface area (Å²) in [4.78, 5) is 48.0. The van der Waals surface area contributed by atoms with Crippen molar-refractivity contribution in [3.8, 4) is 0 Å². The van der Waals surface area contributed by atoms with Gasteiger partial charge in [-0.05, 0) is 19.3 Å². The molecule has 0 spiro atoms. The van der Waals surface area contributed by atoms with Crippen molar-refractivity contribution in [3.05, 3.63) is 12.2 Å². The standard InChI is InChI=1S/C30H54NO11P/c1-6-7-10-13-24(33)16-17-27-26(28(34)20-29(27)35)14-11-8-9-12-15-30(36)39-21-25(42-23(2)32)22-41-43(37,38)40-19-18-31(3,4)5/h16-17,24-27,29,33,35H,6-15,18-22H2,1-5H3/b17-16+/t24-,25+,26+,27+,29+/m0/s1. The number of nitrogens with zero attached hydrogens (tertiary/aromatic N) is 1. The molecule has 6 atom stereocenters. The van der Waals surface area contributed by atoms with Gasteiger partial charge in [0.1, 0.15) is 25.5 Å². The van der Waals surface area contributed by atoms with Crippen molar-refractivity contribution in [2.24, 2.45) is 11.8 Å². The summed E-state index contributed by atoms with van der Waals surface area (Å²) in [6, 6.07) is 0. The summed E-state index contributed by atoms with van der Waals surface area (Å²) in [7, 11) is 1.02. The summed E-state index contributed by atoms with van der Waals surface area (Å²) >= 11 is 0. The Morgan fingerprint density at radius 1 is 1.09 bits per heavy atom. The second-order valence-electron chi connectivity index (χ2n) is 12.3. The monoisotopic (exact) mass is 635 g/mol. The van der Waals surface area contributed by atoms with Crippen LogP contribution in [0.25, 0.3) is 0 Å². The van der Waals surface area contributed by atoms with Crippen LogP contribution in [0, 0.1) is 11.8 Å². The topological polar surface area (TPSA) is 169 Å². The fourth-order valence-electron chi connectivity index (χ4n) is 4.78. The first-order valence-electron chi connectivity index (χ1n) is 15.4. The van der Waals surface area contributed by atoms with E-state index in [1.165, 1.54) is 0 Å². The normalized spacial score (nSPS) is 22.0. The van der Waals surface area contributed by atoms with E-state index in [1.54, 1.807) is 12.2 Å². The lowest BCUT2D eigenvalue weighted by Crippen LogP contribution is -2.37. The molecule has 13 heteroatoms. The van der Waals surface area contributed by atoms with Crippen LogP contribution in [-0.4, -0.2) is 98.2 Å². The van der Waals surface area contributed by atoms with Gasteiger partial charge in [-0.25, -0.2) is 0 Å². The highest BCUT2D eigenvalue weighted by Gasteiger charge is 2.39. The Balaban J connectivity index is 2.36. The summed E-state index contributed by atoms with van der Waals surface area (Å²) in [6.45, 7) is 2.72. The van der Waals surface area contributed by atoms with E-state index < -0.39 is 44.7 Å². The highest BCUT2D eigenvalue weighted by molar-refractivity contribution is 7.45. The number of esters is 2. The van der Waals surface area contributed by atoms with Crippen LogP contribution in [0.1, 0.15) is 84.5 Å². The minimum absolute atomic E-state index is 0.0431. The van der Waals surface area contributed by atoms with Gasteiger partial charge in [0.2, 0.25) is 0 Å². The van der Waals surface area contributed by atoms with Gasteiger partial charge >= 0.3 is 11.9 Å². The van der Waals surface area contributed by atoms with E-state index >= 15 is 0 Å². The van der Waals surface area contributed by atoms with Crippen molar-refractivity contribution in [2.45, 2.75) is 103 Å². The Kier molecular flexibility index (Phi) is 18.7. The molecule has 0 saturated heterocycles. The molecule has 1 unspecified atom stereocenters. The number of hydrogen-bond donors (Lipinski definition) is 2. The number of rotatable bonds is 23. The molecule has 1 fully saturated rings. The van der Waals surface area contributed by atoms with Crippen LogP contribution in [0.5, 0.6) is 0 Å². The molecule has 250 valence electrons. The zero-order chi connectivity index (χ0) is 32.5. The van der Waals surface area contributed by atoms with Gasteiger partial charge in [0.25, 0.3) is 7.82 Å². The minimum atomic E-state index is -4.63. The third-order valence-electron chi connectivity index (χ3n) is 7.23. The number of ether oxygens (including phenoxy) is 2. The first-order valence-corrected chi connectivity index (χ1v) is 16.9. The van der Waals surface area contributed by atoms with E-state index in [2.05, 4.69) is 6.92 Å². The molecule has 0 aromatic heterocycles. The molecule has 1 rings (SSSR count). The van der Waals surface area contributed by atoms with Crippen LogP contribution in [0.2, 0.25) is 0 Å². The summed E-state index contributed by atoms with van der Waals surface area (Å²) in [5.41, 5.74) is 0. The maximum absolute atomic E-state index is 12.4. The van der Waals surface area contributed by atoms with E-state index in [-0.39, 0.29) is 43.7 Å². The molecule has 12 nitrogen and oxygen atoms in total. The number of aliphatic hydroxyl groups is 2. The highest BCUT2D eigenvalue weighted by atomic mass is 31.2. The number of hydrogen-bond acceptors (Lipinski definition) is 11. The van der Waals surface area contributed by atoms with Crippen LogP contribution in [0.3, 0.4) is 0 Å². The van der Waals surface area contributed by atoms with Gasteiger partial charge in [0, 0.05) is 31.6 Å². The number of unbranched alkanes of at least 4 members (excludes halogenated alkanes) is 5. The molecule has 0 amide bonds. The number of carbonyl (C=O) groups is 3. The maximum atomic E-state index is 12.4. The number of phosphoric ester groups is 1. The van der Waals surface area contributed by atoms with Gasteiger partial charge in [-0.3, -0.25) is 18.9 Å². The second-order valence-corrected chi connectivity index (χ2v) is 13.7. The van der Waals surface area contributed by atoms with Crippen molar-refractivity contribution >= 4 is 25.5 Å². The van der Waals surface area contributed by atoms with Gasteiger partial charge in [-0.2, -0.15) is 0 Å². The fraction of sp³-hybridized carbons (Fsp3) is 0.833. The van der Waals surface area contributed by atoms with Gasteiger partial charge < -0.3 is 38.1 Å². The summed E-state index contributed by atoms with van der Waals surface area (Å²) in [5.74, 6) is -1.71. The number of aliphatic hydroxyl groups excluding tert-OH is 2. The SMILES string of the molecule is CCCCC[C@H](O)/C=C/[C@H]1[C@H](O)CC(=O)[C@@H]1CCCCCCC(=O)OC[C@H](COP(=O)([O-])OCC[N+](C)(C)C)OC(C)=O. The summed E-state index contributed by atoms with van der Waals surface area (Å²) in [5, 5.41) is 20.5. The van der Waals surface area contributed by atoms with Crippen molar-refractivity contribution in [3.63, 3.8) is 0 Å². The van der Waals surface area contributed by atoms with Crippen LogP contribution in [0.15, 0.2) is 12.2 Å². The number of likely N-dealkylation sites (N-methyl/N-ethyl adjacent to an activating group) is 1. The van der Waals surface area contributed by atoms with Crippen LogP contribution >= 0.6 is 7.82 Å². The molecular weight excluding hydrogens is 581 g/mol. The number of ketones is 1. The number of quaternary nitrogens is 1. The third-order valence-corrected chi connectivity index (χ3v) is 8.19. The van der Waals surface area contributed by atoms with E-state index in [0.717, 1.165) is 45.4 Å². The van der Waals surface area contributed by atoms with Crippen molar-refractivity contribution in [1.29, 1.82) is 0 Å². The molecule has 2 N–H and O–H groups in total. The smallest absolute Gasteiger partial charge is 0.305 e. The zero-order valence-corrected chi connectivity index (χ0v) is 27.5. The van der Waals surface area contributed by atoms with Gasteiger partial charge in [-0.15, -0.1) is 0 Å². The largest absolute Gasteiger partial charge is 0.756 e. The Hall–Kier alpha value is -1.66. The predicted molar refractivity (Wildman–Crippen MR) is 159 cm³/mol. The van der Waals surface area contributed by atoms with Gasteiger partial charge in [0.15, 0.2) is 6.10 Å². The lowest BCUT2D eigenvalue weighted by Gasteiger charge is -2.28. The molecule has 0 aliphatic heterocycles. The van der Waals surface area contributed by atoms with Gasteiger partial charge in [-0.1, -0.05) is 57.6 Å².